The van der Waals surface area contributed by atoms with Crippen LogP contribution in [0.5, 0.6) is 0 Å². The van der Waals surface area contributed by atoms with Gasteiger partial charge in [0.1, 0.15) is 6.61 Å². The first-order valence-corrected chi connectivity index (χ1v) is 6.57. The Labute approximate surface area is 103 Å². The van der Waals surface area contributed by atoms with Crippen molar-refractivity contribution in [2.45, 2.75) is 59.0 Å². The topological polar surface area (TPSA) is 46.3 Å². The minimum Gasteiger partial charge on any atom is -0.388 e. The molecule has 3 heteroatoms. The molecule has 0 unspecified atom stereocenters. The monoisotopic (exact) mass is 237 g/mol. The highest BCUT2D eigenvalue weighted by atomic mass is 16.5. The van der Waals surface area contributed by atoms with Crippen molar-refractivity contribution in [3.63, 3.8) is 0 Å². The Hall–Kier alpha value is -0.830. The minimum absolute atomic E-state index is 0.0513. The molecule has 1 aromatic rings. The highest BCUT2D eigenvalue weighted by Crippen LogP contribution is 2.42. The molecule has 1 N–H and O–H groups in total. The standard InChI is InChI=1S/C14H23NO2/c1-14(2,3)11-6-4-10(5-7-11)13-8-12(9-16)17-15-13/h8,10-11,16H,4-7,9H2,1-3H3. The van der Waals surface area contributed by atoms with Crippen molar-refractivity contribution in [1.82, 2.24) is 5.16 Å². The summed E-state index contributed by atoms with van der Waals surface area (Å²) in [4.78, 5) is 0. The molecule has 0 atom stereocenters. The molecule has 1 aromatic heterocycles. The molecule has 0 bridgehead atoms. The van der Waals surface area contributed by atoms with Gasteiger partial charge in [0.25, 0.3) is 0 Å². The fourth-order valence-corrected chi connectivity index (χ4v) is 2.85. The Bertz CT molecular complexity index is 357. The van der Waals surface area contributed by atoms with Crippen LogP contribution in [0.25, 0.3) is 0 Å². The lowest BCUT2D eigenvalue weighted by Gasteiger charge is -2.36. The zero-order chi connectivity index (χ0) is 12.5. The first-order chi connectivity index (χ1) is 8.00. The van der Waals surface area contributed by atoms with Gasteiger partial charge in [-0.2, -0.15) is 0 Å². The molecule has 2 rings (SSSR count). The molecule has 1 saturated carbocycles. The van der Waals surface area contributed by atoms with Gasteiger partial charge in [-0.1, -0.05) is 25.9 Å². The van der Waals surface area contributed by atoms with Gasteiger partial charge < -0.3 is 9.63 Å². The summed E-state index contributed by atoms with van der Waals surface area (Å²) < 4.78 is 5.06. The van der Waals surface area contributed by atoms with Gasteiger partial charge >= 0.3 is 0 Å². The zero-order valence-electron chi connectivity index (χ0n) is 11.1. The lowest BCUT2D eigenvalue weighted by atomic mass is 9.69. The van der Waals surface area contributed by atoms with E-state index in [1.807, 2.05) is 6.07 Å². The maximum absolute atomic E-state index is 8.96. The molecule has 0 aliphatic heterocycles. The number of hydrogen-bond donors (Lipinski definition) is 1. The average Bonchev–Trinajstić information content (AvgIpc) is 2.76. The molecule has 1 aliphatic carbocycles. The molecule has 0 radical (unpaired) electrons. The van der Waals surface area contributed by atoms with E-state index in [-0.39, 0.29) is 6.61 Å². The number of aliphatic hydroxyl groups is 1. The van der Waals surface area contributed by atoms with Gasteiger partial charge in [0.05, 0.1) is 5.69 Å². The molecule has 0 spiro atoms. The molecule has 0 aromatic carbocycles. The van der Waals surface area contributed by atoms with Crippen LogP contribution in [0.1, 0.15) is 63.8 Å². The molecule has 0 amide bonds. The molecule has 1 fully saturated rings. The lowest BCUT2D eigenvalue weighted by molar-refractivity contribution is 0.166. The summed E-state index contributed by atoms with van der Waals surface area (Å²) >= 11 is 0. The quantitative estimate of drug-likeness (QED) is 0.856. The molecule has 3 nitrogen and oxygen atoms in total. The Morgan fingerprint density at radius 2 is 1.94 bits per heavy atom. The van der Waals surface area contributed by atoms with Crippen LogP contribution in [-0.2, 0) is 6.61 Å². The zero-order valence-corrected chi connectivity index (χ0v) is 11.1. The highest BCUT2D eigenvalue weighted by molar-refractivity contribution is 5.11. The maximum atomic E-state index is 8.96. The second-order valence-electron chi connectivity index (χ2n) is 6.29. The van der Waals surface area contributed by atoms with Crippen LogP contribution in [0, 0.1) is 11.3 Å². The molecular weight excluding hydrogens is 214 g/mol. The van der Waals surface area contributed by atoms with Crippen LogP contribution in [0.15, 0.2) is 10.6 Å². The van der Waals surface area contributed by atoms with Crippen LogP contribution < -0.4 is 0 Å². The SMILES string of the molecule is CC(C)(C)C1CCC(c2cc(CO)on2)CC1. The summed E-state index contributed by atoms with van der Waals surface area (Å²) in [5.41, 5.74) is 1.45. The predicted octanol–water partition coefficient (Wildman–Crippen LogP) is 3.49. The van der Waals surface area contributed by atoms with E-state index in [2.05, 4.69) is 25.9 Å². The van der Waals surface area contributed by atoms with Crippen LogP contribution in [-0.4, -0.2) is 10.3 Å². The third-order valence-electron chi connectivity index (χ3n) is 4.10. The van der Waals surface area contributed by atoms with Crippen molar-refractivity contribution >= 4 is 0 Å². The van der Waals surface area contributed by atoms with Crippen molar-refractivity contribution in [1.29, 1.82) is 0 Å². The van der Waals surface area contributed by atoms with Crippen molar-refractivity contribution in [2.24, 2.45) is 11.3 Å². The summed E-state index contributed by atoms with van der Waals surface area (Å²) in [6.45, 7) is 6.94. The van der Waals surface area contributed by atoms with Crippen LogP contribution in [0.4, 0.5) is 0 Å². The van der Waals surface area contributed by atoms with Gasteiger partial charge in [-0.3, -0.25) is 0 Å². The van der Waals surface area contributed by atoms with Gasteiger partial charge in [0.15, 0.2) is 5.76 Å². The third kappa shape index (κ3) is 2.89. The fraction of sp³-hybridized carbons (Fsp3) is 0.786. The van der Waals surface area contributed by atoms with E-state index in [1.165, 1.54) is 25.7 Å². The number of aliphatic hydroxyl groups excluding tert-OH is 1. The first-order valence-electron chi connectivity index (χ1n) is 6.57. The van der Waals surface area contributed by atoms with Crippen LogP contribution in [0.3, 0.4) is 0 Å². The number of hydrogen-bond acceptors (Lipinski definition) is 3. The summed E-state index contributed by atoms with van der Waals surface area (Å²) in [6, 6.07) is 1.90. The van der Waals surface area contributed by atoms with Crippen molar-refractivity contribution in [3.05, 3.63) is 17.5 Å². The molecular formula is C14H23NO2. The number of nitrogens with zero attached hydrogens (tertiary/aromatic N) is 1. The van der Waals surface area contributed by atoms with E-state index in [0.717, 1.165) is 11.6 Å². The summed E-state index contributed by atoms with van der Waals surface area (Å²) in [5, 5.41) is 13.0. The molecule has 0 saturated heterocycles. The summed E-state index contributed by atoms with van der Waals surface area (Å²) in [7, 11) is 0. The summed E-state index contributed by atoms with van der Waals surface area (Å²) in [6.07, 6.45) is 4.93. The van der Waals surface area contributed by atoms with Crippen LogP contribution in [0.2, 0.25) is 0 Å². The van der Waals surface area contributed by atoms with Gasteiger partial charge in [-0.25, -0.2) is 0 Å². The second kappa shape index (κ2) is 4.81. The molecule has 1 heterocycles. The maximum Gasteiger partial charge on any atom is 0.162 e. The Morgan fingerprint density at radius 1 is 1.29 bits per heavy atom. The Morgan fingerprint density at radius 3 is 2.41 bits per heavy atom. The van der Waals surface area contributed by atoms with Gasteiger partial charge in [0, 0.05) is 12.0 Å². The van der Waals surface area contributed by atoms with Gasteiger partial charge in [-0.05, 0) is 37.0 Å². The van der Waals surface area contributed by atoms with Gasteiger partial charge in [-0.15, -0.1) is 0 Å². The Kier molecular flexibility index (Phi) is 3.57. The van der Waals surface area contributed by atoms with E-state index in [9.17, 15) is 0 Å². The predicted molar refractivity (Wildman–Crippen MR) is 66.6 cm³/mol. The van der Waals surface area contributed by atoms with Gasteiger partial charge in [0.2, 0.25) is 0 Å². The number of rotatable bonds is 2. The fourth-order valence-electron chi connectivity index (χ4n) is 2.85. The third-order valence-corrected chi connectivity index (χ3v) is 4.10. The molecule has 96 valence electrons. The Balaban J connectivity index is 1.95. The number of aromatic nitrogens is 1. The van der Waals surface area contributed by atoms with Crippen molar-refractivity contribution in [2.75, 3.05) is 0 Å². The van der Waals surface area contributed by atoms with E-state index < -0.39 is 0 Å². The minimum atomic E-state index is -0.0513. The lowest BCUT2D eigenvalue weighted by Crippen LogP contribution is -2.25. The highest BCUT2D eigenvalue weighted by Gasteiger charge is 2.31. The molecule has 17 heavy (non-hydrogen) atoms. The van der Waals surface area contributed by atoms with E-state index in [4.69, 9.17) is 9.63 Å². The van der Waals surface area contributed by atoms with E-state index in [0.29, 0.717) is 17.1 Å². The normalized spacial score (nSPS) is 26.1. The smallest absolute Gasteiger partial charge is 0.162 e. The largest absolute Gasteiger partial charge is 0.388 e. The first kappa shape index (κ1) is 12.6. The van der Waals surface area contributed by atoms with E-state index in [1.54, 1.807) is 0 Å². The average molecular weight is 237 g/mol. The summed E-state index contributed by atoms with van der Waals surface area (Å²) in [5.74, 6) is 1.93. The molecule has 1 aliphatic rings. The second-order valence-corrected chi connectivity index (χ2v) is 6.29. The van der Waals surface area contributed by atoms with Crippen LogP contribution >= 0.6 is 0 Å². The van der Waals surface area contributed by atoms with E-state index >= 15 is 0 Å². The van der Waals surface area contributed by atoms with Crippen molar-refractivity contribution in [3.8, 4) is 0 Å². The van der Waals surface area contributed by atoms with Crippen molar-refractivity contribution < 1.29 is 9.63 Å².